The molecule has 0 radical (unpaired) electrons. The Hall–Kier alpha value is -3.80. The number of nitrogen functional groups attached to an aromatic ring is 1. The number of hydrogen-bond acceptors (Lipinski definition) is 6. The minimum absolute atomic E-state index is 0.00841. The Balaban J connectivity index is 1.59. The fourth-order valence-corrected chi connectivity index (χ4v) is 3.22. The van der Waals surface area contributed by atoms with Gasteiger partial charge in [0.2, 0.25) is 0 Å². The number of phenols is 1. The number of anilines is 1. The molecule has 0 amide bonds. The Labute approximate surface area is 161 Å². The predicted molar refractivity (Wildman–Crippen MR) is 103 cm³/mol. The first-order valence-corrected chi connectivity index (χ1v) is 8.72. The standard InChI is InChI=1S/C22H17NO5/c23-16-12-17(28-11-10-27-13-6-2-1-3-7-13)22(26)19-18(16)20(24)14-8-4-5-9-15(14)21(19)25/h1-9,12,26H,10-11,23H2. The van der Waals surface area contributed by atoms with Crippen LogP contribution in [0.1, 0.15) is 31.8 Å². The third-order valence-corrected chi connectivity index (χ3v) is 4.52. The van der Waals surface area contributed by atoms with Crippen LogP contribution in [0.5, 0.6) is 17.2 Å². The average Bonchev–Trinajstić information content (AvgIpc) is 2.72. The Morgan fingerprint density at radius 1 is 0.786 bits per heavy atom. The largest absolute Gasteiger partial charge is 0.504 e. The minimum atomic E-state index is -0.458. The third kappa shape index (κ3) is 2.95. The lowest BCUT2D eigenvalue weighted by Crippen LogP contribution is -2.23. The van der Waals surface area contributed by atoms with Crippen molar-refractivity contribution in [1.29, 1.82) is 0 Å². The van der Waals surface area contributed by atoms with Crippen molar-refractivity contribution in [2.45, 2.75) is 0 Å². The van der Waals surface area contributed by atoms with E-state index in [-0.39, 0.29) is 46.9 Å². The monoisotopic (exact) mass is 375 g/mol. The topological polar surface area (TPSA) is 98.8 Å². The Kier molecular flexibility index (Phi) is 4.45. The van der Waals surface area contributed by atoms with Gasteiger partial charge in [-0.15, -0.1) is 0 Å². The summed E-state index contributed by atoms with van der Waals surface area (Å²) in [5, 5.41) is 10.6. The summed E-state index contributed by atoms with van der Waals surface area (Å²) in [4.78, 5) is 25.6. The van der Waals surface area contributed by atoms with E-state index in [9.17, 15) is 14.7 Å². The second-order valence-corrected chi connectivity index (χ2v) is 6.28. The maximum atomic E-state index is 12.8. The van der Waals surface area contributed by atoms with Crippen LogP contribution in [0.15, 0.2) is 60.7 Å². The molecular formula is C22H17NO5. The van der Waals surface area contributed by atoms with Crippen molar-refractivity contribution in [3.05, 3.63) is 82.9 Å². The van der Waals surface area contributed by atoms with Gasteiger partial charge >= 0.3 is 0 Å². The Morgan fingerprint density at radius 2 is 1.36 bits per heavy atom. The van der Waals surface area contributed by atoms with Crippen LogP contribution in [0.4, 0.5) is 5.69 Å². The van der Waals surface area contributed by atoms with Gasteiger partial charge in [0.1, 0.15) is 19.0 Å². The smallest absolute Gasteiger partial charge is 0.198 e. The number of aromatic hydroxyl groups is 1. The van der Waals surface area contributed by atoms with Crippen LogP contribution < -0.4 is 15.2 Å². The Bertz CT molecular complexity index is 1080. The number of carbonyl (C=O) groups is 2. The van der Waals surface area contributed by atoms with Gasteiger partial charge in [-0.1, -0.05) is 42.5 Å². The second kappa shape index (κ2) is 7.08. The molecule has 0 unspecified atom stereocenters. The minimum Gasteiger partial charge on any atom is -0.504 e. The SMILES string of the molecule is Nc1cc(OCCOc2ccccc2)c(O)c2c1C(=O)c1ccccc1C2=O. The average molecular weight is 375 g/mol. The molecule has 140 valence electrons. The van der Waals surface area contributed by atoms with Gasteiger partial charge in [-0.3, -0.25) is 9.59 Å². The highest BCUT2D eigenvalue weighted by Gasteiger charge is 2.35. The van der Waals surface area contributed by atoms with E-state index in [2.05, 4.69) is 0 Å². The number of hydrogen-bond donors (Lipinski definition) is 2. The molecule has 0 bridgehead atoms. The van der Waals surface area contributed by atoms with Crippen LogP contribution >= 0.6 is 0 Å². The molecular weight excluding hydrogens is 358 g/mol. The first-order valence-electron chi connectivity index (χ1n) is 8.72. The van der Waals surface area contributed by atoms with E-state index < -0.39 is 17.3 Å². The van der Waals surface area contributed by atoms with Gasteiger partial charge in [0.15, 0.2) is 23.1 Å². The molecule has 0 aliphatic heterocycles. The molecule has 4 rings (SSSR count). The van der Waals surface area contributed by atoms with Gasteiger partial charge in [-0.05, 0) is 12.1 Å². The molecule has 3 N–H and O–H groups in total. The number of ether oxygens (including phenoxy) is 2. The van der Waals surface area contributed by atoms with E-state index in [1.54, 1.807) is 24.3 Å². The molecule has 1 aliphatic rings. The second-order valence-electron chi connectivity index (χ2n) is 6.28. The fraction of sp³-hybridized carbons (Fsp3) is 0.0909. The fourth-order valence-electron chi connectivity index (χ4n) is 3.22. The van der Waals surface area contributed by atoms with Crippen molar-refractivity contribution >= 4 is 17.3 Å². The lowest BCUT2D eigenvalue weighted by molar-refractivity contribution is 0.0976. The maximum absolute atomic E-state index is 12.8. The molecule has 6 nitrogen and oxygen atoms in total. The molecule has 0 saturated heterocycles. The molecule has 0 saturated carbocycles. The highest BCUT2D eigenvalue weighted by molar-refractivity contribution is 6.31. The zero-order valence-corrected chi connectivity index (χ0v) is 14.8. The van der Waals surface area contributed by atoms with Crippen molar-refractivity contribution < 1.29 is 24.2 Å². The van der Waals surface area contributed by atoms with Gasteiger partial charge in [-0.25, -0.2) is 0 Å². The van der Waals surface area contributed by atoms with E-state index in [1.165, 1.54) is 6.07 Å². The van der Waals surface area contributed by atoms with Crippen LogP contribution in [0.3, 0.4) is 0 Å². The Morgan fingerprint density at radius 3 is 2.04 bits per heavy atom. The summed E-state index contributed by atoms with van der Waals surface area (Å²) in [5.41, 5.74) is 6.50. The first-order chi connectivity index (χ1) is 13.6. The van der Waals surface area contributed by atoms with Crippen molar-refractivity contribution in [2.75, 3.05) is 18.9 Å². The summed E-state index contributed by atoms with van der Waals surface area (Å²) < 4.78 is 11.1. The lowest BCUT2D eigenvalue weighted by atomic mass is 9.82. The van der Waals surface area contributed by atoms with E-state index in [4.69, 9.17) is 15.2 Å². The molecule has 1 aliphatic carbocycles. The summed E-state index contributed by atoms with van der Waals surface area (Å²) in [6, 6.07) is 17.0. The van der Waals surface area contributed by atoms with E-state index in [1.807, 2.05) is 30.3 Å². The summed E-state index contributed by atoms with van der Waals surface area (Å²) in [5.74, 6) is -0.514. The van der Waals surface area contributed by atoms with Crippen LogP contribution in [0.25, 0.3) is 0 Å². The van der Waals surface area contributed by atoms with Gasteiger partial charge in [0.05, 0.1) is 11.1 Å². The van der Waals surface area contributed by atoms with Crippen LogP contribution in [0.2, 0.25) is 0 Å². The van der Waals surface area contributed by atoms with Crippen molar-refractivity contribution in [2.24, 2.45) is 0 Å². The van der Waals surface area contributed by atoms with Gasteiger partial charge in [0.25, 0.3) is 0 Å². The molecule has 6 heteroatoms. The summed E-state index contributed by atoms with van der Waals surface area (Å²) >= 11 is 0. The molecule has 3 aromatic carbocycles. The van der Waals surface area contributed by atoms with Crippen LogP contribution in [-0.4, -0.2) is 29.9 Å². The van der Waals surface area contributed by atoms with E-state index in [0.29, 0.717) is 5.75 Å². The first kappa shape index (κ1) is 17.6. The zero-order valence-electron chi connectivity index (χ0n) is 14.8. The number of phenolic OH excluding ortho intramolecular Hbond substituents is 1. The summed E-state index contributed by atoms with van der Waals surface area (Å²) in [6.07, 6.45) is 0. The number of benzene rings is 3. The van der Waals surface area contributed by atoms with Gasteiger partial charge in [0, 0.05) is 22.9 Å². The highest BCUT2D eigenvalue weighted by atomic mass is 16.5. The van der Waals surface area contributed by atoms with Crippen molar-refractivity contribution in [3.63, 3.8) is 0 Å². The molecule has 0 spiro atoms. The maximum Gasteiger partial charge on any atom is 0.198 e. The molecule has 3 aromatic rings. The summed E-state index contributed by atoms with van der Waals surface area (Å²) in [6.45, 7) is 0.357. The number of ketones is 2. The van der Waals surface area contributed by atoms with Gasteiger partial charge in [-0.2, -0.15) is 0 Å². The van der Waals surface area contributed by atoms with Crippen LogP contribution in [0, 0.1) is 0 Å². The lowest BCUT2D eigenvalue weighted by Gasteiger charge is -2.21. The normalized spacial score (nSPS) is 12.3. The molecule has 0 fully saturated rings. The number of fused-ring (bicyclic) bond motifs is 2. The molecule has 0 atom stereocenters. The number of nitrogens with two attached hydrogens (primary N) is 1. The number of carbonyl (C=O) groups excluding carboxylic acids is 2. The van der Waals surface area contributed by atoms with Gasteiger partial charge < -0.3 is 20.3 Å². The quantitative estimate of drug-likeness (QED) is 0.316. The summed E-state index contributed by atoms with van der Waals surface area (Å²) in [7, 11) is 0. The van der Waals surface area contributed by atoms with E-state index in [0.717, 1.165) is 0 Å². The van der Waals surface area contributed by atoms with Crippen LogP contribution in [-0.2, 0) is 0 Å². The highest BCUT2D eigenvalue weighted by Crippen LogP contribution is 2.41. The number of rotatable bonds is 5. The zero-order chi connectivity index (χ0) is 19.7. The predicted octanol–water partition coefficient (Wildman–Crippen LogP) is 3.21. The molecule has 28 heavy (non-hydrogen) atoms. The molecule has 0 aromatic heterocycles. The third-order valence-electron chi connectivity index (χ3n) is 4.52. The van der Waals surface area contributed by atoms with E-state index >= 15 is 0 Å². The number of para-hydroxylation sites is 1. The molecule has 0 heterocycles. The van der Waals surface area contributed by atoms with Crippen molar-refractivity contribution in [1.82, 2.24) is 0 Å². The van der Waals surface area contributed by atoms with Crippen molar-refractivity contribution in [3.8, 4) is 17.2 Å².